The third kappa shape index (κ3) is 4.05. The van der Waals surface area contributed by atoms with Crippen LogP contribution in [0.1, 0.15) is 24.1 Å². The second kappa shape index (κ2) is 7.57. The SMILES string of the molecule is CCNC(Cc1ccc(F)c(F)c1)c1ccccc1SC. The molecule has 0 bridgehead atoms. The van der Waals surface area contributed by atoms with Gasteiger partial charge in [-0.15, -0.1) is 11.8 Å². The Morgan fingerprint density at radius 3 is 2.52 bits per heavy atom. The molecular weight excluding hydrogens is 288 g/mol. The van der Waals surface area contributed by atoms with Gasteiger partial charge in [0, 0.05) is 10.9 Å². The average molecular weight is 307 g/mol. The van der Waals surface area contributed by atoms with Crippen LogP contribution in [0.5, 0.6) is 0 Å². The minimum atomic E-state index is -0.803. The van der Waals surface area contributed by atoms with Crippen LogP contribution in [0, 0.1) is 11.6 Å². The van der Waals surface area contributed by atoms with Gasteiger partial charge in [-0.2, -0.15) is 0 Å². The van der Waals surface area contributed by atoms with Crippen molar-refractivity contribution in [2.45, 2.75) is 24.3 Å². The smallest absolute Gasteiger partial charge is 0.159 e. The second-order valence-corrected chi connectivity index (χ2v) is 5.65. The third-order valence-electron chi connectivity index (χ3n) is 3.39. The summed E-state index contributed by atoms with van der Waals surface area (Å²) in [6, 6.07) is 12.4. The molecule has 21 heavy (non-hydrogen) atoms. The largest absolute Gasteiger partial charge is 0.310 e. The summed E-state index contributed by atoms with van der Waals surface area (Å²) >= 11 is 1.69. The van der Waals surface area contributed by atoms with Crippen molar-refractivity contribution in [2.75, 3.05) is 12.8 Å². The summed E-state index contributed by atoms with van der Waals surface area (Å²) in [4.78, 5) is 1.20. The lowest BCUT2D eigenvalue weighted by molar-refractivity contribution is 0.501. The van der Waals surface area contributed by atoms with Gasteiger partial charge in [0.15, 0.2) is 11.6 Å². The number of thioether (sulfide) groups is 1. The van der Waals surface area contributed by atoms with Crippen molar-refractivity contribution in [3.05, 3.63) is 65.2 Å². The third-order valence-corrected chi connectivity index (χ3v) is 4.20. The summed E-state index contributed by atoms with van der Waals surface area (Å²) in [5.41, 5.74) is 1.98. The molecular formula is C17H19F2NS. The molecule has 2 aromatic rings. The predicted octanol–water partition coefficient (Wildman–Crippen LogP) is 4.58. The van der Waals surface area contributed by atoms with Gasteiger partial charge in [0.2, 0.25) is 0 Å². The highest BCUT2D eigenvalue weighted by molar-refractivity contribution is 7.98. The Hall–Kier alpha value is -1.39. The summed E-state index contributed by atoms with van der Waals surface area (Å²) in [6.07, 6.45) is 2.67. The van der Waals surface area contributed by atoms with E-state index in [1.54, 1.807) is 17.8 Å². The van der Waals surface area contributed by atoms with Crippen LogP contribution in [0.25, 0.3) is 0 Å². The van der Waals surface area contributed by atoms with E-state index in [1.165, 1.54) is 22.6 Å². The minimum absolute atomic E-state index is 0.0866. The van der Waals surface area contributed by atoms with Crippen LogP contribution in [0.15, 0.2) is 47.4 Å². The number of hydrogen-bond donors (Lipinski definition) is 1. The van der Waals surface area contributed by atoms with Crippen molar-refractivity contribution in [2.24, 2.45) is 0 Å². The number of rotatable bonds is 6. The van der Waals surface area contributed by atoms with Crippen molar-refractivity contribution in [3.8, 4) is 0 Å². The maximum Gasteiger partial charge on any atom is 0.159 e. The molecule has 0 saturated heterocycles. The summed E-state index contributed by atoms with van der Waals surface area (Å²) in [5.74, 6) is -1.59. The number of halogens is 2. The Kier molecular flexibility index (Phi) is 5.76. The van der Waals surface area contributed by atoms with Crippen LogP contribution in [0.3, 0.4) is 0 Å². The lowest BCUT2D eigenvalue weighted by Gasteiger charge is -2.21. The fourth-order valence-corrected chi connectivity index (χ4v) is 3.06. The fraction of sp³-hybridized carbons (Fsp3) is 0.294. The lowest BCUT2D eigenvalue weighted by atomic mass is 9.98. The molecule has 0 fully saturated rings. The fourth-order valence-electron chi connectivity index (χ4n) is 2.40. The molecule has 0 saturated carbocycles. The Morgan fingerprint density at radius 2 is 1.86 bits per heavy atom. The van der Waals surface area contributed by atoms with E-state index in [0.29, 0.717) is 6.42 Å². The van der Waals surface area contributed by atoms with Gasteiger partial charge in [-0.3, -0.25) is 0 Å². The van der Waals surface area contributed by atoms with Crippen LogP contribution >= 0.6 is 11.8 Å². The molecule has 1 atom stereocenters. The Labute approximate surface area is 128 Å². The average Bonchev–Trinajstić information content (AvgIpc) is 2.50. The normalized spacial score (nSPS) is 12.4. The highest BCUT2D eigenvalue weighted by atomic mass is 32.2. The van der Waals surface area contributed by atoms with Crippen molar-refractivity contribution < 1.29 is 8.78 Å². The molecule has 0 aromatic heterocycles. The summed E-state index contributed by atoms with van der Waals surface area (Å²) < 4.78 is 26.4. The first-order valence-corrected chi connectivity index (χ1v) is 8.18. The van der Waals surface area contributed by atoms with E-state index in [1.807, 2.05) is 25.3 Å². The molecule has 0 aliphatic rings. The highest BCUT2D eigenvalue weighted by Crippen LogP contribution is 2.28. The molecule has 0 amide bonds. The number of nitrogens with one attached hydrogen (secondary N) is 1. The molecule has 1 nitrogen and oxygen atoms in total. The van der Waals surface area contributed by atoms with Crippen LogP contribution in [0.2, 0.25) is 0 Å². The van der Waals surface area contributed by atoms with Gasteiger partial charge >= 0.3 is 0 Å². The van der Waals surface area contributed by atoms with Crippen LogP contribution in [0.4, 0.5) is 8.78 Å². The topological polar surface area (TPSA) is 12.0 Å². The monoisotopic (exact) mass is 307 g/mol. The molecule has 2 rings (SSSR count). The van der Waals surface area contributed by atoms with Gasteiger partial charge in [-0.05, 0) is 48.5 Å². The van der Waals surface area contributed by atoms with E-state index in [4.69, 9.17) is 0 Å². The van der Waals surface area contributed by atoms with Gasteiger partial charge in [0.05, 0.1) is 0 Å². The molecule has 2 aromatic carbocycles. The van der Waals surface area contributed by atoms with Gasteiger partial charge in [-0.25, -0.2) is 8.78 Å². The summed E-state index contributed by atoms with van der Waals surface area (Å²) in [7, 11) is 0. The lowest BCUT2D eigenvalue weighted by Crippen LogP contribution is -2.23. The molecule has 0 heterocycles. The Balaban J connectivity index is 2.28. The highest BCUT2D eigenvalue weighted by Gasteiger charge is 2.15. The zero-order valence-electron chi connectivity index (χ0n) is 12.2. The number of likely N-dealkylation sites (N-methyl/N-ethyl adjacent to an activating group) is 1. The summed E-state index contributed by atoms with van der Waals surface area (Å²) in [5, 5.41) is 3.43. The van der Waals surface area contributed by atoms with Crippen molar-refractivity contribution in [1.29, 1.82) is 0 Å². The van der Waals surface area contributed by atoms with E-state index in [-0.39, 0.29) is 6.04 Å². The number of hydrogen-bond acceptors (Lipinski definition) is 2. The minimum Gasteiger partial charge on any atom is -0.310 e. The Bertz CT molecular complexity index is 601. The molecule has 0 aliphatic heterocycles. The number of benzene rings is 2. The van der Waals surface area contributed by atoms with Crippen molar-refractivity contribution >= 4 is 11.8 Å². The Morgan fingerprint density at radius 1 is 1.10 bits per heavy atom. The maximum atomic E-state index is 13.4. The predicted molar refractivity (Wildman–Crippen MR) is 84.7 cm³/mol. The quantitative estimate of drug-likeness (QED) is 0.784. The van der Waals surface area contributed by atoms with Crippen molar-refractivity contribution in [1.82, 2.24) is 5.32 Å². The van der Waals surface area contributed by atoms with E-state index >= 15 is 0 Å². The van der Waals surface area contributed by atoms with Gasteiger partial charge in [-0.1, -0.05) is 31.2 Å². The molecule has 4 heteroatoms. The standard InChI is InChI=1S/C17H19F2NS/c1-3-20-16(13-6-4-5-7-17(13)21-2)11-12-8-9-14(18)15(19)10-12/h4-10,16,20H,3,11H2,1-2H3. The van der Waals surface area contributed by atoms with Crippen LogP contribution < -0.4 is 5.32 Å². The molecule has 0 radical (unpaired) electrons. The first kappa shape index (κ1) is 16.0. The van der Waals surface area contributed by atoms with Gasteiger partial charge < -0.3 is 5.32 Å². The first-order chi connectivity index (χ1) is 10.2. The molecule has 1 unspecified atom stereocenters. The second-order valence-electron chi connectivity index (χ2n) is 4.80. The van der Waals surface area contributed by atoms with Crippen molar-refractivity contribution in [3.63, 3.8) is 0 Å². The molecule has 0 spiro atoms. The zero-order valence-corrected chi connectivity index (χ0v) is 13.0. The first-order valence-electron chi connectivity index (χ1n) is 6.96. The van der Waals surface area contributed by atoms with Gasteiger partial charge in [0.1, 0.15) is 0 Å². The van der Waals surface area contributed by atoms with E-state index in [0.717, 1.165) is 12.1 Å². The van der Waals surface area contributed by atoms with Gasteiger partial charge in [0.25, 0.3) is 0 Å². The van der Waals surface area contributed by atoms with Crippen LogP contribution in [-0.4, -0.2) is 12.8 Å². The van der Waals surface area contributed by atoms with E-state index < -0.39 is 11.6 Å². The van der Waals surface area contributed by atoms with E-state index in [2.05, 4.69) is 17.4 Å². The van der Waals surface area contributed by atoms with E-state index in [9.17, 15) is 8.78 Å². The molecule has 112 valence electrons. The maximum absolute atomic E-state index is 13.4. The molecule has 1 N–H and O–H groups in total. The summed E-state index contributed by atoms with van der Waals surface area (Å²) in [6.45, 7) is 2.86. The van der Waals surface area contributed by atoms with Crippen LogP contribution in [-0.2, 0) is 6.42 Å². The molecule has 0 aliphatic carbocycles. The zero-order chi connectivity index (χ0) is 15.2.